The first kappa shape index (κ1) is 20.0. The lowest BCUT2D eigenvalue weighted by Crippen LogP contribution is -2.49. The number of nitrogens with zero attached hydrogens (tertiary/aromatic N) is 1. The molecule has 1 atom stereocenters. The fourth-order valence-electron chi connectivity index (χ4n) is 2.90. The van der Waals surface area contributed by atoms with Crippen LogP contribution in [0.5, 0.6) is 5.75 Å². The second-order valence-corrected chi connectivity index (χ2v) is 6.06. The normalized spacial score (nSPS) is 17.7. The minimum atomic E-state index is -4.77. The number of hydrogen-bond donors (Lipinski definition) is 2. The van der Waals surface area contributed by atoms with E-state index in [9.17, 15) is 22.8 Å². The van der Waals surface area contributed by atoms with Gasteiger partial charge in [-0.25, -0.2) is 0 Å². The van der Waals surface area contributed by atoms with E-state index in [1.54, 1.807) is 4.90 Å². The van der Waals surface area contributed by atoms with Crippen molar-refractivity contribution in [2.75, 3.05) is 19.6 Å². The van der Waals surface area contributed by atoms with Gasteiger partial charge in [0.15, 0.2) is 0 Å². The number of alkyl halides is 3. The zero-order valence-electron chi connectivity index (χ0n) is 14.2. The van der Waals surface area contributed by atoms with Gasteiger partial charge in [0.25, 0.3) is 5.91 Å². The highest BCUT2D eigenvalue weighted by atomic mass is 19.4. The molecule has 0 spiro atoms. The van der Waals surface area contributed by atoms with Crippen molar-refractivity contribution in [2.45, 2.75) is 38.1 Å². The number of piperidine rings is 1. The number of amides is 2. The molecule has 1 fully saturated rings. The van der Waals surface area contributed by atoms with Gasteiger partial charge in [-0.3, -0.25) is 9.59 Å². The third-order valence-corrected chi connectivity index (χ3v) is 4.13. The first-order valence-corrected chi connectivity index (χ1v) is 8.43. The highest BCUT2D eigenvalue weighted by Crippen LogP contribution is 2.24. The Hall–Kier alpha value is -2.29. The van der Waals surface area contributed by atoms with Gasteiger partial charge in [0.1, 0.15) is 5.75 Å². The number of nitrogens with two attached hydrogens (primary N) is 1. The SMILES string of the molecule is NCCC(=O)NCC1CCCCN1C(=O)c1ccc(OC(F)(F)F)cc1. The number of carbonyl (C=O) groups is 2. The average Bonchev–Trinajstić information content (AvgIpc) is 2.59. The summed E-state index contributed by atoms with van der Waals surface area (Å²) < 4.78 is 40.4. The summed E-state index contributed by atoms with van der Waals surface area (Å²) >= 11 is 0. The molecule has 0 radical (unpaired) electrons. The number of ether oxygens (including phenoxy) is 1. The van der Waals surface area contributed by atoms with Crippen molar-refractivity contribution in [1.82, 2.24) is 10.2 Å². The molecule has 6 nitrogen and oxygen atoms in total. The molecular formula is C17H22F3N3O3. The maximum Gasteiger partial charge on any atom is 0.573 e. The Morgan fingerprint density at radius 2 is 1.92 bits per heavy atom. The largest absolute Gasteiger partial charge is 0.573 e. The van der Waals surface area contributed by atoms with Crippen molar-refractivity contribution in [3.63, 3.8) is 0 Å². The fourth-order valence-corrected chi connectivity index (χ4v) is 2.90. The molecule has 0 bridgehead atoms. The fraction of sp³-hybridized carbons (Fsp3) is 0.529. The number of rotatable bonds is 6. The molecule has 2 rings (SSSR count). The second kappa shape index (κ2) is 8.88. The molecule has 0 aliphatic carbocycles. The van der Waals surface area contributed by atoms with Crippen LogP contribution < -0.4 is 15.8 Å². The molecule has 9 heteroatoms. The van der Waals surface area contributed by atoms with Gasteiger partial charge in [-0.2, -0.15) is 0 Å². The number of benzene rings is 1. The van der Waals surface area contributed by atoms with E-state index in [2.05, 4.69) is 10.1 Å². The Labute approximate surface area is 149 Å². The monoisotopic (exact) mass is 373 g/mol. The Morgan fingerprint density at radius 3 is 2.54 bits per heavy atom. The lowest BCUT2D eigenvalue weighted by Gasteiger charge is -2.36. The summed E-state index contributed by atoms with van der Waals surface area (Å²) in [5, 5.41) is 2.77. The van der Waals surface area contributed by atoms with E-state index in [0.29, 0.717) is 13.1 Å². The number of likely N-dealkylation sites (tertiary alicyclic amines) is 1. The second-order valence-electron chi connectivity index (χ2n) is 6.06. The third kappa shape index (κ3) is 5.91. The molecule has 0 saturated carbocycles. The number of hydrogen-bond acceptors (Lipinski definition) is 4. The van der Waals surface area contributed by atoms with Crippen LogP contribution in [0.25, 0.3) is 0 Å². The molecule has 26 heavy (non-hydrogen) atoms. The van der Waals surface area contributed by atoms with Crippen molar-refractivity contribution in [3.8, 4) is 5.75 Å². The summed E-state index contributed by atoms with van der Waals surface area (Å²) in [6.07, 6.45) is -2.01. The van der Waals surface area contributed by atoms with Crippen molar-refractivity contribution >= 4 is 11.8 Å². The number of nitrogens with one attached hydrogen (secondary N) is 1. The van der Waals surface area contributed by atoms with E-state index in [1.807, 2.05) is 0 Å². The maximum atomic E-state index is 12.7. The molecule has 1 aliphatic rings. The standard InChI is InChI=1S/C17H22F3N3O3/c18-17(19,20)26-14-6-4-12(5-7-14)16(25)23-10-2-1-3-13(23)11-22-15(24)8-9-21/h4-7,13H,1-3,8-11,21H2,(H,22,24). The molecule has 1 aromatic carbocycles. The lowest BCUT2D eigenvalue weighted by atomic mass is 10.0. The van der Waals surface area contributed by atoms with Gasteiger partial charge >= 0.3 is 6.36 Å². The van der Waals surface area contributed by atoms with E-state index >= 15 is 0 Å². The van der Waals surface area contributed by atoms with Gasteiger partial charge in [-0.1, -0.05) is 0 Å². The highest BCUT2D eigenvalue weighted by Gasteiger charge is 2.31. The van der Waals surface area contributed by atoms with Crippen molar-refractivity contribution in [3.05, 3.63) is 29.8 Å². The minimum absolute atomic E-state index is 0.149. The van der Waals surface area contributed by atoms with Crippen molar-refractivity contribution < 1.29 is 27.5 Å². The van der Waals surface area contributed by atoms with E-state index < -0.39 is 6.36 Å². The zero-order valence-corrected chi connectivity index (χ0v) is 14.2. The van der Waals surface area contributed by atoms with Crippen LogP contribution in [0.1, 0.15) is 36.0 Å². The Bertz CT molecular complexity index is 620. The van der Waals surface area contributed by atoms with Crippen LogP contribution in [0, 0.1) is 0 Å². The Kier molecular flexibility index (Phi) is 6.84. The summed E-state index contributed by atoms with van der Waals surface area (Å²) in [5.74, 6) is -0.821. The highest BCUT2D eigenvalue weighted by molar-refractivity contribution is 5.94. The molecule has 3 N–H and O–H groups in total. The average molecular weight is 373 g/mol. The van der Waals surface area contributed by atoms with Crippen LogP contribution in [0.4, 0.5) is 13.2 Å². The van der Waals surface area contributed by atoms with Gasteiger partial charge in [0.2, 0.25) is 5.91 Å². The Morgan fingerprint density at radius 1 is 1.23 bits per heavy atom. The molecule has 1 heterocycles. The smallest absolute Gasteiger partial charge is 0.406 e. The van der Waals surface area contributed by atoms with E-state index in [-0.39, 0.29) is 42.1 Å². The van der Waals surface area contributed by atoms with Crippen LogP contribution in [0.3, 0.4) is 0 Å². The molecule has 2 amide bonds. The summed E-state index contributed by atoms with van der Waals surface area (Å²) in [7, 11) is 0. The molecule has 1 unspecified atom stereocenters. The van der Waals surface area contributed by atoms with Crippen LogP contribution in [-0.2, 0) is 4.79 Å². The number of halogens is 3. The van der Waals surface area contributed by atoms with Crippen LogP contribution >= 0.6 is 0 Å². The van der Waals surface area contributed by atoms with E-state index in [4.69, 9.17) is 5.73 Å². The molecule has 1 saturated heterocycles. The van der Waals surface area contributed by atoms with Crippen LogP contribution in [0.15, 0.2) is 24.3 Å². The van der Waals surface area contributed by atoms with E-state index in [0.717, 1.165) is 31.4 Å². The molecule has 0 aromatic heterocycles. The first-order chi connectivity index (χ1) is 12.3. The predicted octanol–water partition coefficient (Wildman–Crippen LogP) is 2.04. The molecule has 1 aliphatic heterocycles. The Balaban J connectivity index is 2.01. The minimum Gasteiger partial charge on any atom is -0.406 e. The third-order valence-electron chi connectivity index (χ3n) is 4.13. The van der Waals surface area contributed by atoms with Gasteiger partial charge in [-0.15, -0.1) is 13.2 Å². The molecule has 144 valence electrons. The molecular weight excluding hydrogens is 351 g/mol. The number of carbonyl (C=O) groups excluding carboxylic acids is 2. The summed E-state index contributed by atoms with van der Waals surface area (Å²) in [6.45, 7) is 1.13. The first-order valence-electron chi connectivity index (χ1n) is 8.43. The van der Waals surface area contributed by atoms with Gasteiger partial charge < -0.3 is 20.7 Å². The predicted molar refractivity (Wildman–Crippen MR) is 88.5 cm³/mol. The lowest BCUT2D eigenvalue weighted by molar-refractivity contribution is -0.274. The summed E-state index contributed by atoms with van der Waals surface area (Å²) in [6, 6.07) is 4.69. The van der Waals surface area contributed by atoms with E-state index in [1.165, 1.54) is 12.1 Å². The topological polar surface area (TPSA) is 84.7 Å². The molecule has 1 aromatic rings. The van der Waals surface area contributed by atoms with Crippen LogP contribution in [0.2, 0.25) is 0 Å². The summed E-state index contributed by atoms with van der Waals surface area (Å²) in [5.41, 5.74) is 5.61. The zero-order chi connectivity index (χ0) is 19.2. The quantitative estimate of drug-likeness (QED) is 0.799. The summed E-state index contributed by atoms with van der Waals surface area (Å²) in [4.78, 5) is 25.9. The van der Waals surface area contributed by atoms with Crippen molar-refractivity contribution in [2.24, 2.45) is 5.73 Å². The maximum absolute atomic E-state index is 12.7. The van der Waals surface area contributed by atoms with Gasteiger partial charge in [-0.05, 0) is 43.5 Å². The van der Waals surface area contributed by atoms with Crippen LogP contribution in [-0.4, -0.2) is 48.8 Å². The van der Waals surface area contributed by atoms with Crippen molar-refractivity contribution in [1.29, 1.82) is 0 Å². The van der Waals surface area contributed by atoms with Gasteiger partial charge in [0, 0.05) is 37.7 Å². The van der Waals surface area contributed by atoms with Gasteiger partial charge in [0.05, 0.1) is 0 Å².